The Morgan fingerprint density at radius 2 is 1.95 bits per heavy atom. The van der Waals surface area contributed by atoms with E-state index < -0.39 is 23.5 Å². The number of hydrogen-bond donors (Lipinski definition) is 1. The first kappa shape index (κ1) is 17.4. The third-order valence-electron chi connectivity index (χ3n) is 3.17. The molecule has 0 bridgehead atoms. The smallest absolute Gasteiger partial charge is 0.416 e. The molecule has 0 spiro atoms. The van der Waals surface area contributed by atoms with Crippen LogP contribution >= 0.6 is 0 Å². The number of carbonyl (C=O) groups is 1. The summed E-state index contributed by atoms with van der Waals surface area (Å²) in [5.74, 6) is -1.95. The number of benzene rings is 1. The number of hydrogen-bond acceptors (Lipinski definition) is 2. The van der Waals surface area contributed by atoms with Crippen molar-refractivity contribution in [2.45, 2.75) is 39.0 Å². The Labute approximate surface area is 120 Å². The molecule has 0 heterocycles. The van der Waals surface area contributed by atoms with Gasteiger partial charge in [-0.3, -0.25) is 9.69 Å². The summed E-state index contributed by atoms with van der Waals surface area (Å²) >= 11 is 0. The number of rotatable bonds is 6. The molecule has 7 heteroatoms. The molecule has 0 amide bonds. The zero-order valence-corrected chi connectivity index (χ0v) is 11.7. The molecule has 0 aliphatic rings. The number of carboxylic acid groups (broad SMARTS) is 1. The zero-order valence-electron chi connectivity index (χ0n) is 11.7. The van der Waals surface area contributed by atoms with Crippen molar-refractivity contribution in [2.24, 2.45) is 0 Å². The van der Waals surface area contributed by atoms with Crippen molar-refractivity contribution >= 4 is 5.97 Å². The van der Waals surface area contributed by atoms with E-state index in [4.69, 9.17) is 5.11 Å². The van der Waals surface area contributed by atoms with Crippen molar-refractivity contribution in [3.8, 4) is 0 Å². The first-order valence-corrected chi connectivity index (χ1v) is 6.46. The molecule has 1 unspecified atom stereocenters. The van der Waals surface area contributed by atoms with E-state index in [1.807, 2.05) is 0 Å². The molecular weight excluding hydrogens is 290 g/mol. The Balaban J connectivity index is 2.95. The summed E-state index contributed by atoms with van der Waals surface area (Å²) in [5.41, 5.74) is -0.874. The molecule has 1 atom stereocenters. The van der Waals surface area contributed by atoms with Gasteiger partial charge < -0.3 is 5.11 Å². The lowest BCUT2D eigenvalue weighted by Gasteiger charge is -2.27. The lowest BCUT2D eigenvalue weighted by Crippen LogP contribution is -2.34. The molecule has 0 fully saturated rings. The van der Waals surface area contributed by atoms with Crippen LogP contribution in [0.4, 0.5) is 17.6 Å². The molecule has 0 saturated carbocycles. The summed E-state index contributed by atoms with van der Waals surface area (Å²) < 4.78 is 51.2. The minimum absolute atomic E-state index is 0.0613. The fraction of sp³-hybridized carbons (Fsp3) is 0.500. The normalized spacial score (nSPS) is 13.5. The van der Waals surface area contributed by atoms with Crippen molar-refractivity contribution in [2.75, 3.05) is 6.54 Å². The maximum atomic E-state index is 13.3. The van der Waals surface area contributed by atoms with Gasteiger partial charge in [0.15, 0.2) is 0 Å². The fourth-order valence-corrected chi connectivity index (χ4v) is 2.10. The van der Waals surface area contributed by atoms with Crippen LogP contribution in [0.15, 0.2) is 18.2 Å². The van der Waals surface area contributed by atoms with Crippen molar-refractivity contribution < 1.29 is 27.5 Å². The van der Waals surface area contributed by atoms with Crippen LogP contribution in [0, 0.1) is 5.82 Å². The van der Waals surface area contributed by atoms with Crippen LogP contribution in [0.5, 0.6) is 0 Å². The lowest BCUT2D eigenvalue weighted by molar-refractivity contribution is -0.138. The maximum absolute atomic E-state index is 13.3. The van der Waals surface area contributed by atoms with E-state index in [-0.39, 0.29) is 24.6 Å². The number of halogens is 4. The fourth-order valence-electron chi connectivity index (χ4n) is 2.10. The Kier molecular flexibility index (Phi) is 5.71. The van der Waals surface area contributed by atoms with Crippen LogP contribution in [-0.2, 0) is 17.5 Å². The molecule has 0 aliphatic carbocycles. The molecule has 1 aromatic carbocycles. The number of alkyl halides is 3. The molecule has 0 radical (unpaired) electrons. The van der Waals surface area contributed by atoms with E-state index in [1.54, 1.807) is 18.7 Å². The van der Waals surface area contributed by atoms with E-state index in [1.165, 1.54) is 0 Å². The molecule has 1 N–H and O–H groups in total. The zero-order chi connectivity index (χ0) is 16.2. The van der Waals surface area contributed by atoms with Crippen molar-refractivity contribution in [1.82, 2.24) is 4.90 Å². The monoisotopic (exact) mass is 307 g/mol. The average Bonchev–Trinajstić information content (AvgIpc) is 2.33. The van der Waals surface area contributed by atoms with Crippen molar-refractivity contribution in [3.05, 3.63) is 35.1 Å². The van der Waals surface area contributed by atoms with Gasteiger partial charge in [-0.15, -0.1) is 0 Å². The number of nitrogens with zero attached hydrogens (tertiary/aromatic N) is 1. The standard InChI is InChI=1S/C14H17F4NO2/c1-3-19(9(2)4-13(20)21)8-10-5-11(14(16,17)18)7-12(15)6-10/h5-7,9H,3-4,8H2,1-2H3,(H,20,21). The Morgan fingerprint density at radius 3 is 2.43 bits per heavy atom. The summed E-state index contributed by atoms with van der Waals surface area (Å²) in [7, 11) is 0. The van der Waals surface area contributed by atoms with E-state index >= 15 is 0 Å². The molecule has 1 aromatic rings. The second-order valence-corrected chi connectivity index (χ2v) is 4.86. The van der Waals surface area contributed by atoms with Crippen LogP contribution in [0.3, 0.4) is 0 Å². The van der Waals surface area contributed by atoms with E-state index in [0.717, 1.165) is 12.1 Å². The number of aliphatic carboxylic acids is 1. The second kappa shape index (κ2) is 6.89. The van der Waals surface area contributed by atoms with Crippen LogP contribution in [-0.4, -0.2) is 28.6 Å². The average molecular weight is 307 g/mol. The third kappa shape index (κ3) is 5.34. The molecule has 118 valence electrons. The van der Waals surface area contributed by atoms with E-state index in [0.29, 0.717) is 12.6 Å². The highest BCUT2D eigenvalue weighted by molar-refractivity contribution is 5.67. The molecule has 3 nitrogen and oxygen atoms in total. The van der Waals surface area contributed by atoms with Gasteiger partial charge in [0, 0.05) is 12.6 Å². The Morgan fingerprint density at radius 1 is 1.33 bits per heavy atom. The quantitative estimate of drug-likeness (QED) is 0.817. The highest BCUT2D eigenvalue weighted by Crippen LogP contribution is 2.30. The van der Waals surface area contributed by atoms with Crippen LogP contribution in [0.25, 0.3) is 0 Å². The Bertz CT molecular complexity index is 502. The highest BCUT2D eigenvalue weighted by Gasteiger charge is 2.31. The van der Waals surface area contributed by atoms with Gasteiger partial charge in [-0.05, 0) is 37.2 Å². The second-order valence-electron chi connectivity index (χ2n) is 4.86. The summed E-state index contributed by atoms with van der Waals surface area (Å²) in [6.45, 7) is 3.95. The van der Waals surface area contributed by atoms with Crippen LogP contribution < -0.4 is 0 Å². The summed E-state index contributed by atoms with van der Waals surface area (Å²) in [4.78, 5) is 12.4. The predicted octanol–water partition coefficient (Wildman–Crippen LogP) is 3.53. The SMILES string of the molecule is CCN(Cc1cc(F)cc(C(F)(F)F)c1)C(C)CC(=O)O. The van der Waals surface area contributed by atoms with Gasteiger partial charge >= 0.3 is 12.1 Å². The van der Waals surface area contributed by atoms with Crippen LogP contribution in [0.2, 0.25) is 0 Å². The van der Waals surface area contributed by atoms with Crippen molar-refractivity contribution in [3.63, 3.8) is 0 Å². The van der Waals surface area contributed by atoms with Gasteiger partial charge in [-0.2, -0.15) is 13.2 Å². The van der Waals surface area contributed by atoms with Gasteiger partial charge in [0.05, 0.1) is 12.0 Å². The maximum Gasteiger partial charge on any atom is 0.416 e. The molecule has 1 rings (SSSR count). The first-order valence-electron chi connectivity index (χ1n) is 6.46. The largest absolute Gasteiger partial charge is 0.481 e. The van der Waals surface area contributed by atoms with Gasteiger partial charge in [0.1, 0.15) is 5.82 Å². The lowest BCUT2D eigenvalue weighted by atomic mass is 10.1. The highest BCUT2D eigenvalue weighted by atomic mass is 19.4. The molecule has 0 saturated heterocycles. The molecular formula is C14H17F4NO2. The molecule has 0 aromatic heterocycles. The van der Waals surface area contributed by atoms with Gasteiger partial charge in [-0.25, -0.2) is 4.39 Å². The molecule has 21 heavy (non-hydrogen) atoms. The summed E-state index contributed by atoms with van der Waals surface area (Å²) in [5, 5.41) is 8.75. The molecule has 0 aliphatic heterocycles. The van der Waals surface area contributed by atoms with E-state index in [9.17, 15) is 22.4 Å². The predicted molar refractivity (Wildman–Crippen MR) is 69.2 cm³/mol. The van der Waals surface area contributed by atoms with Gasteiger partial charge in [0.2, 0.25) is 0 Å². The first-order chi connectivity index (χ1) is 9.63. The van der Waals surface area contributed by atoms with Gasteiger partial charge in [0.25, 0.3) is 0 Å². The number of carboxylic acids is 1. The Hall–Kier alpha value is -1.63. The van der Waals surface area contributed by atoms with E-state index in [2.05, 4.69) is 0 Å². The van der Waals surface area contributed by atoms with Crippen molar-refractivity contribution in [1.29, 1.82) is 0 Å². The minimum atomic E-state index is -4.61. The summed E-state index contributed by atoms with van der Waals surface area (Å²) in [6, 6.07) is 2.01. The van der Waals surface area contributed by atoms with Gasteiger partial charge in [-0.1, -0.05) is 6.92 Å². The third-order valence-corrected chi connectivity index (χ3v) is 3.17. The topological polar surface area (TPSA) is 40.5 Å². The summed E-state index contributed by atoms with van der Waals surface area (Å²) in [6.07, 6.45) is -4.74. The minimum Gasteiger partial charge on any atom is -0.481 e. The van der Waals surface area contributed by atoms with Crippen LogP contribution in [0.1, 0.15) is 31.4 Å².